The number of amides is 1. The van der Waals surface area contributed by atoms with Gasteiger partial charge in [0.1, 0.15) is 5.75 Å². The molecule has 0 radical (unpaired) electrons. The van der Waals surface area contributed by atoms with Crippen molar-refractivity contribution in [3.05, 3.63) is 77.4 Å². The second-order valence-electron chi connectivity index (χ2n) is 9.63. The Bertz CT molecular complexity index is 1350. The molecule has 202 valence electrons. The second-order valence-corrected chi connectivity index (χ2v) is 11.6. The Morgan fingerprint density at radius 1 is 1.11 bits per heavy atom. The van der Waals surface area contributed by atoms with Crippen molar-refractivity contribution in [1.29, 1.82) is 0 Å². The molecule has 11 heteroatoms. The van der Waals surface area contributed by atoms with Crippen molar-refractivity contribution in [2.24, 2.45) is 5.92 Å². The number of thiocarbonyl (C=S) groups is 1. The van der Waals surface area contributed by atoms with Crippen LogP contribution in [0.5, 0.6) is 5.75 Å². The number of hydrogen-bond donors (Lipinski definition) is 1. The number of methoxy groups -OCH3 is 1. The van der Waals surface area contributed by atoms with Crippen LogP contribution in [0.1, 0.15) is 18.4 Å². The number of carbonyl (C=O) groups excluding carboxylic acids is 1. The smallest absolute Gasteiger partial charge is 0.379 e. The van der Waals surface area contributed by atoms with Crippen LogP contribution in [0.4, 0.5) is 0 Å². The number of morpholine rings is 1. The summed E-state index contributed by atoms with van der Waals surface area (Å²) in [5.74, 6) is -0.377. The minimum Gasteiger partial charge on any atom is -0.379 e. The summed E-state index contributed by atoms with van der Waals surface area (Å²) in [6.07, 6.45) is 13.5. The molecule has 2 aliphatic carbocycles. The molecule has 38 heavy (non-hydrogen) atoms. The molecule has 2 fully saturated rings. The normalized spacial score (nSPS) is 28.2. The number of carbonyl (C=O) groups is 1. The average Bonchev–Trinajstić information content (AvgIpc) is 3.18. The Labute approximate surface area is 228 Å². The molecule has 0 spiro atoms. The first-order valence-corrected chi connectivity index (χ1v) is 14.3. The van der Waals surface area contributed by atoms with Crippen molar-refractivity contribution >= 4 is 33.5 Å². The first-order valence-electron chi connectivity index (χ1n) is 12.5. The van der Waals surface area contributed by atoms with Gasteiger partial charge in [-0.05, 0) is 47.5 Å². The van der Waals surface area contributed by atoms with E-state index < -0.39 is 15.8 Å². The van der Waals surface area contributed by atoms with Crippen molar-refractivity contribution in [3.8, 4) is 5.75 Å². The van der Waals surface area contributed by atoms with Crippen LogP contribution in [0.3, 0.4) is 0 Å². The Morgan fingerprint density at radius 2 is 1.82 bits per heavy atom. The molecule has 4 aliphatic rings. The summed E-state index contributed by atoms with van der Waals surface area (Å²) in [6, 6.07) is 6.68. The number of likely N-dealkylation sites (N-methyl/N-ethyl adjacent to an activating group) is 1. The van der Waals surface area contributed by atoms with Gasteiger partial charge in [0.05, 0.1) is 19.3 Å². The van der Waals surface area contributed by atoms with Gasteiger partial charge in [0, 0.05) is 39.6 Å². The zero-order valence-electron chi connectivity index (χ0n) is 21.3. The van der Waals surface area contributed by atoms with Crippen LogP contribution in [0.2, 0.25) is 0 Å². The van der Waals surface area contributed by atoms with Gasteiger partial charge < -0.3 is 19.0 Å². The predicted octanol–water partition coefficient (Wildman–Crippen LogP) is 2.59. The van der Waals surface area contributed by atoms with Gasteiger partial charge >= 0.3 is 10.3 Å². The highest BCUT2D eigenvalue weighted by molar-refractivity contribution is 7.84. The van der Waals surface area contributed by atoms with Crippen LogP contribution >= 0.6 is 12.2 Å². The lowest BCUT2D eigenvalue weighted by atomic mass is 9.72. The molecule has 0 saturated carbocycles. The second kappa shape index (κ2) is 10.7. The molecule has 5 rings (SSSR count). The predicted molar refractivity (Wildman–Crippen MR) is 147 cm³/mol. The van der Waals surface area contributed by atoms with E-state index in [2.05, 4.69) is 17.5 Å². The first-order chi connectivity index (χ1) is 18.2. The van der Waals surface area contributed by atoms with Gasteiger partial charge in [-0.15, -0.1) is 0 Å². The Balaban J connectivity index is 1.47. The van der Waals surface area contributed by atoms with E-state index in [-0.39, 0.29) is 36.8 Å². The number of nitrogens with one attached hydrogen (secondary N) is 1. The number of nitrogens with zero attached hydrogens (tertiary/aromatic N) is 2. The highest BCUT2D eigenvalue weighted by Crippen LogP contribution is 2.44. The Kier molecular flexibility index (Phi) is 7.56. The maximum absolute atomic E-state index is 13.9. The van der Waals surface area contributed by atoms with Crippen molar-refractivity contribution in [3.63, 3.8) is 0 Å². The molecule has 9 nitrogen and oxygen atoms in total. The maximum Gasteiger partial charge on any atom is 0.385 e. The van der Waals surface area contributed by atoms with E-state index in [9.17, 15) is 13.2 Å². The van der Waals surface area contributed by atoms with Gasteiger partial charge in [-0.3, -0.25) is 9.69 Å². The molecule has 2 saturated heterocycles. The topological polar surface area (TPSA) is 97.4 Å². The fraction of sp³-hybridized carbons (Fsp3) is 0.407. The molecule has 3 unspecified atom stereocenters. The third-order valence-electron chi connectivity index (χ3n) is 7.42. The quantitative estimate of drug-likeness (QED) is 0.511. The van der Waals surface area contributed by atoms with Crippen molar-refractivity contribution in [2.75, 3.05) is 40.5 Å². The lowest BCUT2D eigenvalue weighted by Gasteiger charge is -2.37. The summed E-state index contributed by atoms with van der Waals surface area (Å²) in [6.45, 7) is 1.08. The van der Waals surface area contributed by atoms with Gasteiger partial charge in [-0.25, -0.2) is 0 Å². The molecule has 2 aliphatic heterocycles. The van der Waals surface area contributed by atoms with Crippen LogP contribution in [0, 0.1) is 5.92 Å². The zero-order valence-corrected chi connectivity index (χ0v) is 23.0. The van der Waals surface area contributed by atoms with E-state index in [4.69, 9.17) is 25.9 Å². The van der Waals surface area contributed by atoms with E-state index in [1.807, 2.05) is 24.3 Å². The van der Waals surface area contributed by atoms with Crippen molar-refractivity contribution in [2.45, 2.75) is 24.5 Å². The highest BCUT2D eigenvalue weighted by Gasteiger charge is 2.54. The van der Waals surface area contributed by atoms with Crippen LogP contribution in [0.15, 0.2) is 71.9 Å². The monoisotopic (exact) mass is 557 g/mol. The number of allylic oxidation sites excluding steroid dienone is 5. The number of ether oxygens (including phenoxy) is 2. The summed E-state index contributed by atoms with van der Waals surface area (Å²) in [7, 11) is -0.691. The molecular formula is C27H31N3O6S2. The largest absolute Gasteiger partial charge is 0.385 e. The maximum atomic E-state index is 13.9. The van der Waals surface area contributed by atoms with Crippen LogP contribution in [0.25, 0.3) is 0 Å². The minimum atomic E-state index is -4.02. The Hall–Kier alpha value is -2.83. The molecule has 1 aromatic rings. The third kappa shape index (κ3) is 4.96. The zero-order chi connectivity index (χ0) is 26.9. The third-order valence-corrected chi connectivity index (χ3v) is 9.20. The van der Waals surface area contributed by atoms with Gasteiger partial charge in [-0.1, -0.05) is 48.6 Å². The fourth-order valence-corrected chi connectivity index (χ4v) is 6.62. The van der Waals surface area contributed by atoms with E-state index in [1.165, 1.54) is 9.21 Å². The minimum absolute atomic E-state index is 0.00131. The first kappa shape index (κ1) is 26.8. The molecule has 0 bridgehead atoms. The molecule has 1 aromatic carbocycles. The number of rotatable bonds is 7. The van der Waals surface area contributed by atoms with E-state index >= 15 is 0 Å². The van der Waals surface area contributed by atoms with Crippen molar-refractivity contribution < 1.29 is 26.9 Å². The summed E-state index contributed by atoms with van der Waals surface area (Å²) >= 11 is 5.50. The molecule has 1 amide bonds. The van der Waals surface area contributed by atoms with E-state index in [1.54, 1.807) is 38.4 Å². The van der Waals surface area contributed by atoms with Crippen LogP contribution in [-0.2, 0) is 30.1 Å². The summed E-state index contributed by atoms with van der Waals surface area (Å²) in [4.78, 5) is 15.3. The summed E-state index contributed by atoms with van der Waals surface area (Å²) in [5.41, 5.74) is 1.61. The highest BCUT2D eigenvalue weighted by atomic mass is 32.2. The van der Waals surface area contributed by atoms with Crippen LogP contribution in [-0.4, -0.2) is 75.2 Å². The van der Waals surface area contributed by atoms with Gasteiger partial charge in [0.2, 0.25) is 0 Å². The molecule has 0 aromatic heterocycles. The average molecular weight is 558 g/mol. The molecule has 3 atom stereocenters. The van der Waals surface area contributed by atoms with Gasteiger partial charge in [0.15, 0.2) is 10.7 Å². The van der Waals surface area contributed by atoms with Gasteiger partial charge in [-0.2, -0.15) is 12.7 Å². The molecular weight excluding hydrogens is 526 g/mol. The number of hydrogen-bond acceptors (Lipinski definition) is 7. The standard InChI is InChI=1S/C27H31N3O6S2/c1-29-25(31)27(28-26(29)37,21-8-3-6-19(16-21)20-7-4-10-23(17-20)34-2)22-9-5-11-24(18-22)36-38(32,33)30-12-14-35-15-13-30/h3-11,18,21,23H,12-17H2,1-2H3,(H,28,37). The van der Waals surface area contributed by atoms with Crippen molar-refractivity contribution in [1.82, 2.24) is 14.5 Å². The van der Waals surface area contributed by atoms with Gasteiger partial charge in [0.25, 0.3) is 5.91 Å². The van der Waals surface area contributed by atoms with Crippen LogP contribution < -0.4 is 9.50 Å². The molecule has 2 heterocycles. The number of benzene rings is 1. The fourth-order valence-electron chi connectivity index (χ4n) is 5.32. The summed E-state index contributed by atoms with van der Waals surface area (Å²) < 4.78 is 43.3. The molecule has 1 N–H and O–H groups in total. The lowest BCUT2D eigenvalue weighted by Crippen LogP contribution is -2.50. The Morgan fingerprint density at radius 3 is 2.50 bits per heavy atom. The summed E-state index contributed by atoms with van der Waals surface area (Å²) in [5, 5.41) is 3.60. The van der Waals surface area contributed by atoms with E-state index in [0.717, 1.165) is 17.6 Å². The van der Waals surface area contributed by atoms with E-state index in [0.29, 0.717) is 30.3 Å². The lowest BCUT2D eigenvalue weighted by molar-refractivity contribution is -0.132. The SMILES string of the molecule is COC1C=CC=C(C2=CC=CC(C3(c4cccc(OS(=O)(=O)N5CCOCC5)c4)NC(=S)N(C)C3=O)C2)C1.